The number of nitrogens with one attached hydrogen (secondary N) is 1. The van der Waals surface area contributed by atoms with Gasteiger partial charge in [0.2, 0.25) is 15.9 Å². The molecule has 1 fully saturated rings. The van der Waals surface area contributed by atoms with Crippen molar-refractivity contribution in [2.75, 3.05) is 17.3 Å². The molecule has 1 unspecified atom stereocenters. The zero-order chi connectivity index (χ0) is 30.8. The second-order valence-corrected chi connectivity index (χ2v) is 12.9. The quantitative estimate of drug-likeness (QED) is 0.245. The monoisotopic (exact) mass is 607 g/mol. The number of fused-ring (bicyclic) bond motifs is 1. The van der Waals surface area contributed by atoms with E-state index in [-0.39, 0.29) is 24.4 Å². The standard InChI is InChI=1S/C33H41N3O6S/c1-25(2)22-23-31(37)35(36(43(3,39)40)29-19-12-17-27-16-7-8-18-28(27)29)30(20-11-15-26-13-5-4-6-14-26)33(38)34-42-32-21-9-10-24-41-32/h4-8,11-19,25,30,32H,9-10,20-24H2,1-3H3,(H,34,38)/t30?,32-/m0/s1. The fourth-order valence-electron chi connectivity index (χ4n) is 4.97. The third-order valence-electron chi connectivity index (χ3n) is 7.17. The Hall–Kier alpha value is -3.73. The Labute approximate surface area is 254 Å². The number of sulfonamides is 1. The van der Waals surface area contributed by atoms with E-state index in [1.54, 1.807) is 24.3 Å². The van der Waals surface area contributed by atoms with Crippen LogP contribution in [-0.4, -0.2) is 50.4 Å². The Morgan fingerprint density at radius 1 is 1.02 bits per heavy atom. The molecule has 2 atom stereocenters. The number of hydrogen-bond donors (Lipinski definition) is 1. The summed E-state index contributed by atoms with van der Waals surface area (Å²) in [7, 11) is -4.11. The SMILES string of the molecule is CC(C)CCC(=O)N(C(CC=Cc1ccccc1)C(=O)NO[C@H]1CCCCO1)N(c1cccc2ccccc12)S(C)(=O)=O. The third-order valence-corrected chi connectivity index (χ3v) is 8.17. The Bertz CT molecular complexity index is 1500. The molecule has 1 aliphatic rings. The van der Waals surface area contributed by atoms with Gasteiger partial charge in [0.25, 0.3) is 5.91 Å². The Balaban J connectivity index is 1.79. The summed E-state index contributed by atoms with van der Waals surface area (Å²) in [4.78, 5) is 33.6. The summed E-state index contributed by atoms with van der Waals surface area (Å²) in [6, 6.07) is 20.9. The predicted octanol–water partition coefficient (Wildman–Crippen LogP) is 5.83. The third kappa shape index (κ3) is 8.89. The molecule has 2 amide bonds. The van der Waals surface area contributed by atoms with Gasteiger partial charge in [-0.3, -0.25) is 9.59 Å². The lowest BCUT2D eigenvalue weighted by atomic mass is 10.1. The summed E-state index contributed by atoms with van der Waals surface area (Å²) < 4.78 is 33.8. The average molecular weight is 608 g/mol. The number of ether oxygens (including phenoxy) is 1. The first-order valence-corrected chi connectivity index (χ1v) is 16.6. The number of benzene rings is 3. The van der Waals surface area contributed by atoms with Crippen molar-refractivity contribution in [1.82, 2.24) is 10.5 Å². The fourth-order valence-corrected chi connectivity index (χ4v) is 6.01. The zero-order valence-corrected chi connectivity index (χ0v) is 25.8. The van der Waals surface area contributed by atoms with Gasteiger partial charge in [-0.05, 0) is 48.6 Å². The summed E-state index contributed by atoms with van der Waals surface area (Å²) in [5.41, 5.74) is 3.66. The van der Waals surface area contributed by atoms with E-state index in [0.29, 0.717) is 24.8 Å². The average Bonchev–Trinajstić information content (AvgIpc) is 3.00. The zero-order valence-electron chi connectivity index (χ0n) is 25.0. The number of hydrogen-bond acceptors (Lipinski definition) is 6. The first-order chi connectivity index (χ1) is 20.6. The van der Waals surface area contributed by atoms with Crippen LogP contribution in [-0.2, 0) is 29.2 Å². The molecule has 10 heteroatoms. The molecule has 0 spiro atoms. The summed E-state index contributed by atoms with van der Waals surface area (Å²) in [6.45, 7) is 4.50. The van der Waals surface area contributed by atoms with E-state index >= 15 is 0 Å². The van der Waals surface area contributed by atoms with Crippen LogP contribution in [0.4, 0.5) is 5.69 Å². The number of nitrogens with zero attached hydrogens (tertiary/aromatic N) is 2. The molecule has 3 aromatic carbocycles. The minimum atomic E-state index is -4.11. The lowest BCUT2D eigenvalue weighted by Gasteiger charge is -2.39. The van der Waals surface area contributed by atoms with Crippen molar-refractivity contribution in [2.45, 2.75) is 64.7 Å². The molecule has 0 bridgehead atoms. The number of rotatable bonds is 13. The van der Waals surface area contributed by atoms with E-state index < -0.39 is 34.2 Å². The number of carbonyl (C=O) groups excluding carboxylic acids is 2. The molecule has 1 N–H and O–H groups in total. The maximum Gasteiger partial charge on any atom is 0.268 e. The maximum atomic E-state index is 14.1. The molecule has 230 valence electrons. The molecule has 0 radical (unpaired) electrons. The first kappa shape index (κ1) is 32.2. The Kier molecular flexibility index (Phi) is 11.3. The molecule has 43 heavy (non-hydrogen) atoms. The molecular weight excluding hydrogens is 566 g/mol. The van der Waals surface area contributed by atoms with Crippen molar-refractivity contribution >= 4 is 44.4 Å². The highest BCUT2D eigenvalue weighted by molar-refractivity contribution is 7.92. The highest BCUT2D eigenvalue weighted by Gasteiger charge is 2.39. The van der Waals surface area contributed by atoms with Crippen LogP contribution in [0.15, 0.2) is 78.9 Å². The van der Waals surface area contributed by atoms with Crippen LogP contribution in [0.2, 0.25) is 0 Å². The minimum absolute atomic E-state index is 0.0276. The van der Waals surface area contributed by atoms with Gasteiger partial charge in [-0.25, -0.2) is 23.7 Å². The molecule has 4 rings (SSSR count). The molecule has 1 saturated heterocycles. The predicted molar refractivity (Wildman–Crippen MR) is 169 cm³/mol. The van der Waals surface area contributed by atoms with E-state index in [2.05, 4.69) is 5.48 Å². The van der Waals surface area contributed by atoms with Gasteiger partial charge in [0.1, 0.15) is 6.04 Å². The number of anilines is 1. The van der Waals surface area contributed by atoms with E-state index in [9.17, 15) is 18.0 Å². The van der Waals surface area contributed by atoms with Crippen molar-refractivity contribution in [2.24, 2.45) is 5.92 Å². The van der Waals surface area contributed by atoms with Gasteiger partial charge in [-0.2, -0.15) is 4.41 Å². The van der Waals surface area contributed by atoms with Gasteiger partial charge in [-0.15, -0.1) is 0 Å². The van der Waals surface area contributed by atoms with Crippen molar-refractivity contribution in [1.29, 1.82) is 0 Å². The van der Waals surface area contributed by atoms with Crippen molar-refractivity contribution in [3.8, 4) is 0 Å². The molecule has 0 saturated carbocycles. The molecule has 1 aliphatic heterocycles. The molecule has 0 aliphatic carbocycles. The van der Waals surface area contributed by atoms with E-state index in [4.69, 9.17) is 9.57 Å². The maximum absolute atomic E-state index is 14.1. The van der Waals surface area contributed by atoms with Crippen LogP contribution >= 0.6 is 0 Å². The second kappa shape index (κ2) is 15.1. The summed E-state index contributed by atoms with van der Waals surface area (Å²) in [6.07, 6.45) is 7.04. The van der Waals surface area contributed by atoms with Crippen LogP contribution in [0.3, 0.4) is 0 Å². The van der Waals surface area contributed by atoms with E-state index in [1.807, 2.05) is 74.5 Å². The minimum Gasteiger partial charge on any atom is -0.350 e. The smallest absolute Gasteiger partial charge is 0.268 e. The lowest BCUT2D eigenvalue weighted by molar-refractivity contribution is -0.202. The van der Waals surface area contributed by atoms with Crippen LogP contribution in [0.5, 0.6) is 0 Å². The highest BCUT2D eigenvalue weighted by Crippen LogP contribution is 2.32. The first-order valence-electron chi connectivity index (χ1n) is 14.7. The largest absolute Gasteiger partial charge is 0.350 e. The van der Waals surface area contributed by atoms with Crippen molar-refractivity contribution in [3.63, 3.8) is 0 Å². The van der Waals surface area contributed by atoms with E-state index in [1.165, 1.54) is 0 Å². The van der Waals surface area contributed by atoms with Gasteiger partial charge in [0, 0.05) is 24.8 Å². The van der Waals surface area contributed by atoms with Crippen LogP contribution < -0.4 is 9.89 Å². The van der Waals surface area contributed by atoms with Gasteiger partial charge < -0.3 is 4.74 Å². The molecule has 9 nitrogen and oxygen atoms in total. The summed E-state index contributed by atoms with van der Waals surface area (Å²) in [5.74, 6) is -0.958. The molecule has 3 aromatic rings. The number of hydrazine groups is 1. The van der Waals surface area contributed by atoms with Crippen molar-refractivity contribution in [3.05, 3.63) is 84.4 Å². The van der Waals surface area contributed by atoms with Gasteiger partial charge >= 0.3 is 0 Å². The Morgan fingerprint density at radius 3 is 2.44 bits per heavy atom. The highest BCUT2D eigenvalue weighted by atomic mass is 32.2. The number of amides is 2. The van der Waals surface area contributed by atoms with Crippen molar-refractivity contribution < 1.29 is 27.6 Å². The normalized spacial score (nSPS) is 16.3. The number of hydroxylamine groups is 1. The molecular formula is C33H41N3O6S. The number of carbonyl (C=O) groups is 2. The molecule has 1 heterocycles. The van der Waals surface area contributed by atoms with Gasteiger partial charge in [0.15, 0.2) is 6.29 Å². The Morgan fingerprint density at radius 2 is 1.74 bits per heavy atom. The molecule has 0 aromatic heterocycles. The summed E-state index contributed by atoms with van der Waals surface area (Å²) in [5, 5.41) is 2.52. The van der Waals surface area contributed by atoms with E-state index in [0.717, 1.165) is 39.5 Å². The van der Waals surface area contributed by atoms with Crippen LogP contribution in [0.1, 0.15) is 57.9 Å². The van der Waals surface area contributed by atoms with Crippen LogP contribution in [0.25, 0.3) is 16.8 Å². The summed E-state index contributed by atoms with van der Waals surface area (Å²) >= 11 is 0. The second-order valence-electron chi connectivity index (χ2n) is 11.1. The fraction of sp³-hybridized carbons (Fsp3) is 0.394. The lowest BCUT2D eigenvalue weighted by Crippen LogP contribution is -2.59. The van der Waals surface area contributed by atoms with Crippen LogP contribution in [0, 0.1) is 5.92 Å². The van der Waals surface area contributed by atoms with Gasteiger partial charge in [-0.1, -0.05) is 92.7 Å². The van der Waals surface area contributed by atoms with Gasteiger partial charge in [0.05, 0.1) is 11.9 Å². The topological polar surface area (TPSA) is 105 Å².